The first kappa shape index (κ1) is 5.55. The maximum Gasteiger partial charge on any atom is 0.206 e. The molecule has 2 aromatic rings. The standard InChI is InChI=1S/C5H3N3OS/c1-5(9-8-7-1)4-2-10-3-6-4/h1-3H. The van der Waals surface area contributed by atoms with Crippen molar-refractivity contribution in [2.45, 2.75) is 0 Å². The van der Waals surface area contributed by atoms with Crippen LogP contribution >= 0.6 is 11.3 Å². The zero-order chi connectivity index (χ0) is 6.81. The first-order valence-electron chi connectivity index (χ1n) is 2.63. The minimum atomic E-state index is 0.612. The number of aromatic nitrogens is 3. The molecule has 0 aliphatic heterocycles. The van der Waals surface area contributed by atoms with Crippen molar-refractivity contribution in [3.8, 4) is 11.5 Å². The van der Waals surface area contributed by atoms with E-state index in [2.05, 4.69) is 15.4 Å². The summed E-state index contributed by atoms with van der Waals surface area (Å²) in [4.78, 5) is 4.00. The zero-order valence-corrected chi connectivity index (χ0v) is 5.71. The van der Waals surface area contributed by atoms with Crippen LogP contribution in [0.3, 0.4) is 0 Å². The number of rotatable bonds is 1. The fraction of sp³-hybridized carbons (Fsp3) is 0. The smallest absolute Gasteiger partial charge is 0.206 e. The van der Waals surface area contributed by atoms with Crippen molar-refractivity contribution >= 4 is 11.3 Å². The number of nitrogens with zero attached hydrogens (tertiary/aromatic N) is 3. The Morgan fingerprint density at radius 3 is 3.10 bits per heavy atom. The molecule has 0 N–H and O–H groups in total. The molecule has 0 amide bonds. The molecule has 0 unspecified atom stereocenters. The molecule has 2 aromatic heterocycles. The van der Waals surface area contributed by atoms with E-state index in [0.29, 0.717) is 5.76 Å². The third-order valence-electron chi connectivity index (χ3n) is 1.05. The predicted molar refractivity (Wildman–Crippen MR) is 35.4 cm³/mol. The molecule has 0 bridgehead atoms. The highest BCUT2D eigenvalue weighted by Crippen LogP contribution is 2.15. The highest BCUT2D eigenvalue weighted by atomic mass is 32.1. The van der Waals surface area contributed by atoms with Gasteiger partial charge in [0.2, 0.25) is 5.76 Å². The van der Waals surface area contributed by atoms with Gasteiger partial charge in [0.25, 0.3) is 0 Å². The van der Waals surface area contributed by atoms with Gasteiger partial charge in [-0.3, -0.25) is 0 Å². The van der Waals surface area contributed by atoms with E-state index in [0.717, 1.165) is 5.69 Å². The van der Waals surface area contributed by atoms with Crippen LogP contribution in [-0.2, 0) is 0 Å². The van der Waals surface area contributed by atoms with Crippen molar-refractivity contribution in [3.63, 3.8) is 0 Å². The third-order valence-corrected chi connectivity index (χ3v) is 1.63. The fourth-order valence-corrected chi connectivity index (χ4v) is 1.16. The number of hydrogen-bond donors (Lipinski definition) is 0. The van der Waals surface area contributed by atoms with Crippen LogP contribution in [0.2, 0.25) is 0 Å². The average molecular weight is 153 g/mol. The molecule has 2 heterocycles. The molecule has 0 saturated carbocycles. The van der Waals surface area contributed by atoms with E-state index < -0.39 is 0 Å². The molecular formula is C5H3N3OS. The summed E-state index contributed by atoms with van der Waals surface area (Å²) in [6.07, 6.45) is 1.54. The number of thiazole rings is 1. The minimum absolute atomic E-state index is 0.612. The monoisotopic (exact) mass is 153 g/mol. The van der Waals surface area contributed by atoms with Gasteiger partial charge in [-0.15, -0.1) is 16.4 Å². The predicted octanol–water partition coefficient (Wildman–Crippen LogP) is 1.19. The fourth-order valence-electron chi connectivity index (χ4n) is 0.614. The lowest BCUT2D eigenvalue weighted by molar-refractivity contribution is 0.403. The Hall–Kier alpha value is -1.23. The zero-order valence-electron chi connectivity index (χ0n) is 4.89. The lowest BCUT2D eigenvalue weighted by Crippen LogP contribution is -1.68. The van der Waals surface area contributed by atoms with Crippen LogP contribution in [0, 0.1) is 0 Å². The van der Waals surface area contributed by atoms with Gasteiger partial charge >= 0.3 is 0 Å². The van der Waals surface area contributed by atoms with Crippen molar-refractivity contribution in [2.75, 3.05) is 0 Å². The molecule has 0 aliphatic carbocycles. The van der Waals surface area contributed by atoms with Gasteiger partial charge in [0.05, 0.1) is 5.51 Å². The average Bonchev–Trinajstić information content (AvgIpc) is 2.59. The molecule has 50 valence electrons. The maximum absolute atomic E-state index is 4.76. The van der Waals surface area contributed by atoms with Gasteiger partial charge in [0, 0.05) is 10.7 Å². The molecule has 0 aromatic carbocycles. The molecular weight excluding hydrogens is 150 g/mol. The molecule has 0 fully saturated rings. The summed E-state index contributed by atoms with van der Waals surface area (Å²) < 4.78 is 4.76. The Labute approximate surface area is 60.5 Å². The Kier molecular flexibility index (Phi) is 1.21. The summed E-state index contributed by atoms with van der Waals surface area (Å²) in [5.41, 5.74) is 2.52. The van der Waals surface area contributed by atoms with E-state index >= 15 is 0 Å². The lowest BCUT2D eigenvalue weighted by Gasteiger charge is -1.79. The van der Waals surface area contributed by atoms with Crippen molar-refractivity contribution in [1.82, 2.24) is 15.4 Å². The van der Waals surface area contributed by atoms with E-state index in [4.69, 9.17) is 4.52 Å². The highest BCUT2D eigenvalue weighted by molar-refractivity contribution is 7.07. The van der Waals surface area contributed by atoms with Crippen molar-refractivity contribution in [2.24, 2.45) is 0 Å². The van der Waals surface area contributed by atoms with Crippen LogP contribution in [0.15, 0.2) is 21.6 Å². The second kappa shape index (κ2) is 2.18. The first-order valence-corrected chi connectivity index (χ1v) is 3.57. The maximum atomic E-state index is 4.76. The molecule has 10 heavy (non-hydrogen) atoms. The molecule has 5 heteroatoms. The molecule has 0 saturated heterocycles. The molecule has 2 rings (SSSR count). The Balaban J connectivity index is 2.48. The van der Waals surface area contributed by atoms with Crippen LogP contribution < -0.4 is 0 Å². The second-order valence-corrected chi connectivity index (χ2v) is 2.37. The van der Waals surface area contributed by atoms with Gasteiger partial charge in [0.1, 0.15) is 11.9 Å². The highest BCUT2D eigenvalue weighted by Gasteiger charge is 2.02. The summed E-state index contributed by atoms with van der Waals surface area (Å²) in [5, 5.41) is 8.72. The van der Waals surface area contributed by atoms with E-state index in [9.17, 15) is 0 Å². The summed E-state index contributed by atoms with van der Waals surface area (Å²) in [5.74, 6) is 0.612. The van der Waals surface area contributed by atoms with Crippen LogP contribution in [0.25, 0.3) is 11.5 Å². The summed E-state index contributed by atoms with van der Waals surface area (Å²) in [7, 11) is 0. The van der Waals surface area contributed by atoms with Crippen LogP contribution in [0.1, 0.15) is 0 Å². The largest absolute Gasteiger partial charge is 0.335 e. The first-order chi connectivity index (χ1) is 4.97. The van der Waals surface area contributed by atoms with E-state index in [1.54, 1.807) is 5.51 Å². The Bertz CT molecular complexity index is 256. The van der Waals surface area contributed by atoms with Gasteiger partial charge in [-0.1, -0.05) is 0 Å². The van der Waals surface area contributed by atoms with Crippen LogP contribution in [0.4, 0.5) is 0 Å². The van der Waals surface area contributed by atoms with Gasteiger partial charge in [-0.05, 0) is 0 Å². The molecule has 0 atom stereocenters. The van der Waals surface area contributed by atoms with Crippen LogP contribution in [0.5, 0.6) is 0 Å². The summed E-state index contributed by atoms with van der Waals surface area (Å²) >= 11 is 1.51. The summed E-state index contributed by atoms with van der Waals surface area (Å²) in [6, 6.07) is 0. The molecule has 0 aliphatic rings. The van der Waals surface area contributed by atoms with Gasteiger partial charge in [-0.2, -0.15) is 0 Å². The van der Waals surface area contributed by atoms with Crippen molar-refractivity contribution in [3.05, 3.63) is 17.1 Å². The lowest BCUT2D eigenvalue weighted by atomic mass is 10.4. The Morgan fingerprint density at radius 1 is 1.50 bits per heavy atom. The SMILES string of the molecule is c1nc(-c2cnno2)cs1. The van der Waals surface area contributed by atoms with Crippen LogP contribution in [-0.4, -0.2) is 15.4 Å². The van der Waals surface area contributed by atoms with Gasteiger partial charge in [-0.25, -0.2) is 4.98 Å². The topological polar surface area (TPSA) is 51.8 Å². The molecule has 0 radical (unpaired) electrons. The van der Waals surface area contributed by atoms with Crippen molar-refractivity contribution < 1.29 is 4.52 Å². The van der Waals surface area contributed by atoms with E-state index in [1.165, 1.54) is 17.5 Å². The van der Waals surface area contributed by atoms with Gasteiger partial charge in [0.15, 0.2) is 0 Å². The summed E-state index contributed by atoms with van der Waals surface area (Å²) in [6.45, 7) is 0. The number of hydrogen-bond acceptors (Lipinski definition) is 5. The molecule has 0 spiro atoms. The molecule has 4 nitrogen and oxygen atoms in total. The normalized spacial score (nSPS) is 10.0. The second-order valence-electron chi connectivity index (χ2n) is 1.66. The van der Waals surface area contributed by atoms with Crippen molar-refractivity contribution in [1.29, 1.82) is 0 Å². The van der Waals surface area contributed by atoms with E-state index in [1.807, 2.05) is 5.38 Å². The Morgan fingerprint density at radius 2 is 2.50 bits per heavy atom. The quantitative estimate of drug-likeness (QED) is 0.617. The minimum Gasteiger partial charge on any atom is -0.335 e. The van der Waals surface area contributed by atoms with Gasteiger partial charge < -0.3 is 4.52 Å². The van der Waals surface area contributed by atoms with E-state index in [-0.39, 0.29) is 0 Å². The third kappa shape index (κ3) is 0.801.